The highest BCUT2D eigenvalue weighted by Crippen LogP contribution is 2.35. The van der Waals surface area contributed by atoms with Crippen molar-refractivity contribution in [2.75, 3.05) is 6.54 Å². The van der Waals surface area contributed by atoms with Crippen molar-refractivity contribution in [3.05, 3.63) is 30.0 Å². The zero-order valence-corrected chi connectivity index (χ0v) is 13.3. The predicted molar refractivity (Wildman–Crippen MR) is 79.2 cm³/mol. The van der Waals surface area contributed by atoms with Gasteiger partial charge >= 0.3 is 0 Å². The van der Waals surface area contributed by atoms with Gasteiger partial charge in [-0.25, -0.2) is 4.68 Å². The van der Waals surface area contributed by atoms with E-state index in [4.69, 9.17) is 4.42 Å². The van der Waals surface area contributed by atoms with Crippen LogP contribution >= 0.6 is 0 Å². The molecule has 2 aliphatic rings. The molecule has 1 saturated heterocycles. The van der Waals surface area contributed by atoms with E-state index in [0.717, 1.165) is 25.7 Å². The van der Waals surface area contributed by atoms with Crippen LogP contribution in [0.3, 0.4) is 0 Å². The smallest absolute Gasteiger partial charge is 0.280 e. The molecule has 23 heavy (non-hydrogen) atoms. The summed E-state index contributed by atoms with van der Waals surface area (Å²) in [5, 5.41) is 11.5. The Bertz CT molecular complexity index is 767. The maximum atomic E-state index is 12.6. The lowest BCUT2D eigenvalue weighted by Gasteiger charge is -2.22. The maximum Gasteiger partial charge on any atom is 0.280 e. The number of hydrogen-bond acceptors (Lipinski definition) is 6. The summed E-state index contributed by atoms with van der Waals surface area (Å²) in [5.41, 5.74) is 0. The second kappa shape index (κ2) is 5.69. The highest BCUT2D eigenvalue weighted by atomic mass is 32.2. The zero-order valence-electron chi connectivity index (χ0n) is 12.5. The van der Waals surface area contributed by atoms with Crippen molar-refractivity contribution in [1.82, 2.24) is 29.2 Å². The van der Waals surface area contributed by atoms with E-state index in [2.05, 4.69) is 20.2 Å². The molecule has 0 bridgehead atoms. The van der Waals surface area contributed by atoms with Crippen LogP contribution in [-0.2, 0) is 16.8 Å². The predicted octanol–water partition coefficient (Wildman–Crippen LogP) is 0.772. The van der Waals surface area contributed by atoms with Crippen LogP contribution in [0.25, 0.3) is 0 Å². The summed E-state index contributed by atoms with van der Waals surface area (Å²) in [6.07, 6.45) is 5.21. The van der Waals surface area contributed by atoms with Gasteiger partial charge in [0.1, 0.15) is 5.76 Å². The van der Waals surface area contributed by atoms with Crippen LogP contribution in [0.4, 0.5) is 0 Å². The topological polar surface area (TPSA) is 106 Å². The number of nitrogens with one attached hydrogen (secondary N) is 1. The van der Waals surface area contributed by atoms with E-state index in [0.29, 0.717) is 24.2 Å². The summed E-state index contributed by atoms with van der Waals surface area (Å²) in [4.78, 5) is 0. The molecule has 10 heteroatoms. The van der Waals surface area contributed by atoms with Crippen molar-refractivity contribution in [1.29, 1.82) is 0 Å². The second-order valence-corrected chi connectivity index (χ2v) is 7.59. The van der Waals surface area contributed by atoms with Crippen LogP contribution in [0.2, 0.25) is 0 Å². The maximum absolute atomic E-state index is 12.6. The van der Waals surface area contributed by atoms with Gasteiger partial charge in [-0.3, -0.25) is 0 Å². The average Bonchev–Trinajstić information content (AvgIpc) is 3.03. The van der Waals surface area contributed by atoms with Crippen LogP contribution < -0.4 is 4.72 Å². The van der Waals surface area contributed by atoms with Gasteiger partial charge in [0.2, 0.25) is 0 Å². The largest absolute Gasteiger partial charge is 0.468 e. The lowest BCUT2D eigenvalue weighted by Crippen LogP contribution is -2.40. The molecule has 0 amide bonds. The highest BCUT2D eigenvalue weighted by molar-refractivity contribution is 7.87. The molecule has 3 heterocycles. The fourth-order valence-electron chi connectivity index (χ4n) is 2.96. The molecule has 2 aromatic heterocycles. The molecule has 0 radical (unpaired) electrons. The summed E-state index contributed by atoms with van der Waals surface area (Å²) in [7, 11) is -3.62. The first kappa shape index (κ1) is 14.8. The van der Waals surface area contributed by atoms with Gasteiger partial charge in [-0.2, -0.15) is 17.4 Å². The van der Waals surface area contributed by atoms with Crippen LogP contribution in [0.1, 0.15) is 49.4 Å². The van der Waals surface area contributed by atoms with Crippen molar-refractivity contribution in [2.24, 2.45) is 0 Å². The van der Waals surface area contributed by atoms with E-state index < -0.39 is 10.2 Å². The Morgan fingerprint density at radius 1 is 1.35 bits per heavy atom. The molecule has 1 atom stereocenters. The third-order valence-corrected chi connectivity index (χ3v) is 5.81. The first-order chi connectivity index (χ1) is 11.1. The average molecular weight is 338 g/mol. The standard InChI is InChI=1S/C13H18N6O3S/c20-23(21,14-9-13-15-16-17-19(13)10-5-6-10)18-7-1-3-11(18)12-4-2-8-22-12/h2,4,8,10-11,14H,1,3,5-7,9H2/t11-/m0/s1. The molecular formula is C13H18N6O3S. The van der Waals surface area contributed by atoms with Crippen molar-refractivity contribution >= 4 is 10.2 Å². The Balaban J connectivity index is 1.48. The van der Waals surface area contributed by atoms with Crippen LogP contribution in [0.5, 0.6) is 0 Å². The Hall–Kier alpha value is -1.78. The highest BCUT2D eigenvalue weighted by Gasteiger charge is 2.37. The van der Waals surface area contributed by atoms with Crippen LogP contribution in [-0.4, -0.2) is 39.5 Å². The number of aromatic nitrogens is 4. The van der Waals surface area contributed by atoms with Gasteiger partial charge in [0, 0.05) is 6.54 Å². The van der Waals surface area contributed by atoms with E-state index in [9.17, 15) is 8.42 Å². The lowest BCUT2D eigenvalue weighted by atomic mass is 10.2. The fourth-order valence-corrected chi connectivity index (χ4v) is 4.35. The number of nitrogens with zero attached hydrogens (tertiary/aromatic N) is 5. The first-order valence-corrected chi connectivity index (χ1v) is 9.16. The molecule has 2 aromatic rings. The zero-order chi connectivity index (χ0) is 15.9. The van der Waals surface area contributed by atoms with Crippen LogP contribution in [0.15, 0.2) is 22.8 Å². The molecule has 1 saturated carbocycles. The summed E-state index contributed by atoms with van der Waals surface area (Å²) < 4.78 is 36.4. The summed E-state index contributed by atoms with van der Waals surface area (Å²) in [6, 6.07) is 3.65. The first-order valence-electron chi connectivity index (χ1n) is 7.72. The van der Waals surface area contributed by atoms with E-state index >= 15 is 0 Å². The van der Waals surface area contributed by atoms with Crippen molar-refractivity contribution < 1.29 is 12.8 Å². The van der Waals surface area contributed by atoms with Crippen molar-refractivity contribution in [3.8, 4) is 0 Å². The minimum absolute atomic E-state index is 0.0905. The van der Waals surface area contributed by atoms with E-state index in [-0.39, 0.29) is 12.6 Å². The molecule has 124 valence electrons. The number of tetrazole rings is 1. The molecular weight excluding hydrogens is 320 g/mol. The van der Waals surface area contributed by atoms with E-state index in [1.54, 1.807) is 17.0 Å². The number of rotatable bonds is 6. The molecule has 1 N–H and O–H groups in total. The van der Waals surface area contributed by atoms with Gasteiger partial charge in [0.15, 0.2) is 5.82 Å². The summed E-state index contributed by atoms with van der Waals surface area (Å²) in [5.74, 6) is 1.22. The van der Waals surface area contributed by atoms with E-state index in [1.165, 1.54) is 4.31 Å². The van der Waals surface area contributed by atoms with Gasteiger partial charge in [-0.15, -0.1) is 5.10 Å². The third-order valence-electron chi connectivity index (χ3n) is 4.25. The minimum atomic E-state index is -3.62. The number of hydrogen-bond donors (Lipinski definition) is 1. The monoisotopic (exact) mass is 338 g/mol. The fraction of sp³-hybridized carbons (Fsp3) is 0.615. The molecule has 2 fully saturated rings. The Kier molecular flexibility index (Phi) is 3.66. The quantitative estimate of drug-likeness (QED) is 0.834. The Labute approximate surface area is 133 Å². The SMILES string of the molecule is O=S(=O)(NCc1nnnn1C1CC1)N1CCC[C@H]1c1ccco1. The molecule has 4 rings (SSSR count). The van der Waals surface area contributed by atoms with Gasteiger partial charge in [0.05, 0.1) is 24.9 Å². The van der Waals surface area contributed by atoms with Crippen molar-refractivity contribution in [3.63, 3.8) is 0 Å². The molecule has 0 unspecified atom stereocenters. The van der Waals surface area contributed by atoms with Crippen LogP contribution in [0, 0.1) is 0 Å². The lowest BCUT2D eigenvalue weighted by molar-refractivity contribution is 0.335. The summed E-state index contributed by atoms with van der Waals surface area (Å²) >= 11 is 0. The molecule has 9 nitrogen and oxygen atoms in total. The van der Waals surface area contributed by atoms with E-state index in [1.807, 2.05) is 6.07 Å². The van der Waals surface area contributed by atoms with Crippen molar-refractivity contribution in [2.45, 2.75) is 44.3 Å². The normalized spacial score (nSPS) is 22.7. The number of furan rings is 1. The van der Waals surface area contributed by atoms with Gasteiger partial charge in [-0.05, 0) is 48.2 Å². The van der Waals surface area contributed by atoms with Gasteiger partial charge < -0.3 is 4.42 Å². The molecule has 0 aromatic carbocycles. The second-order valence-electron chi connectivity index (χ2n) is 5.88. The molecule has 0 spiro atoms. The Morgan fingerprint density at radius 2 is 2.22 bits per heavy atom. The van der Waals surface area contributed by atoms with Gasteiger partial charge in [0.25, 0.3) is 10.2 Å². The molecule has 1 aliphatic carbocycles. The minimum Gasteiger partial charge on any atom is -0.468 e. The van der Waals surface area contributed by atoms with Gasteiger partial charge in [-0.1, -0.05) is 0 Å². The summed E-state index contributed by atoms with van der Waals surface area (Å²) in [6.45, 7) is 0.571. The Morgan fingerprint density at radius 3 is 2.96 bits per heavy atom. The third kappa shape index (κ3) is 2.89. The molecule has 1 aliphatic heterocycles.